The van der Waals surface area contributed by atoms with Gasteiger partial charge in [0.05, 0.1) is 11.8 Å². The van der Waals surface area contributed by atoms with E-state index < -0.39 is 14.6 Å². The molecule has 0 saturated carbocycles. The molecule has 4 rings (SSSR count). The fourth-order valence-corrected chi connectivity index (χ4v) is 7.07. The number of carbonyl (C=O) groups is 1. The lowest BCUT2D eigenvalue weighted by Gasteiger charge is -2.34. The largest absolute Gasteiger partial charge is 0.444 e. The topological polar surface area (TPSA) is 64.8 Å². The average Bonchev–Trinajstić information content (AvgIpc) is 3.49. The van der Waals surface area contributed by atoms with E-state index >= 15 is 0 Å². The van der Waals surface area contributed by atoms with E-state index in [1.165, 1.54) is 10.4 Å². The van der Waals surface area contributed by atoms with Crippen LogP contribution in [0, 0.1) is 11.3 Å². The number of rotatable bonds is 7. The van der Waals surface area contributed by atoms with Gasteiger partial charge in [-0.05, 0) is 88.4 Å². The summed E-state index contributed by atoms with van der Waals surface area (Å²) in [6.45, 7) is 18.4. The molecular formula is C30H44N2O4SSi. The Labute approximate surface area is 233 Å². The van der Waals surface area contributed by atoms with E-state index in [1.54, 1.807) is 11.3 Å². The molecule has 1 unspecified atom stereocenters. The molecular weight excluding hydrogens is 512 g/mol. The first-order valence-electron chi connectivity index (χ1n) is 13.9. The minimum atomic E-state index is -1.32. The molecule has 3 aromatic rings. The fraction of sp³-hybridized carbons (Fsp3) is 0.600. The highest BCUT2D eigenvalue weighted by Crippen LogP contribution is 2.46. The molecule has 0 spiro atoms. The third kappa shape index (κ3) is 6.88. The van der Waals surface area contributed by atoms with Gasteiger partial charge in [0.1, 0.15) is 5.60 Å². The van der Waals surface area contributed by atoms with Crippen LogP contribution in [0.4, 0.5) is 4.79 Å². The van der Waals surface area contributed by atoms with E-state index in [0.717, 1.165) is 61.0 Å². The minimum absolute atomic E-state index is 0.0760. The Hall–Kier alpha value is -2.16. The lowest BCUT2D eigenvalue weighted by molar-refractivity contribution is 0.0181. The zero-order chi connectivity index (χ0) is 27.7. The summed E-state index contributed by atoms with van der Waals surface area (Å²) in [5.74, 6) is 0.558. The molecule has 1 aromatic carbocycles. The van der Waals surface area contributed by atoms with Crippen LogP contribution >= 0.6 is 11.3 Å². The Morgan fingerprint density at radius 1 is 1.16 bits per heavy atom. The highest BCUT2D eigenvalue weighted by Gasteiger charge is 2.34. The van der Waals surface area contributed by atoms with Crippen LogP contribution in [0.15, 0.2) is 34.2 Å². The van der Waals surface area contributed by atoms with E-state index in [9.17, 15) is 4.79 Å². The number of aryl methyl sites for hydroxylation is 1. The average molecular weight is 557 g/mol. The van der Waals surface area contributed by atoms with E-state index in [0.29, 0.717) is 5.92 Å². The molecule has 1 atom stereocenters. The highest BCUT2D eigenvalue weighted by molar-refractivity contribution is 7.13. The van der Waals surface area contributed by atoms with Gasteiger partial charge in [-0.15, -0.1) is 11.3 Å². The van der Waals surface area contributed by atoms with Crippen molar-refractivity contribution in [3.05, 3.63) is 40.9 Å². The first kappa shape index (κ1) is 28.8. The van der Waals surface area contributed by atoms with Gasteiger partial charge in [-0.2, -0.15) is 0 Å². The van der Waals surface area contributed by atoms with Crippen LogP contribution in [0.3, 0.4) is 0 Å². The molecule has 1 fully saturated rings. The summed E-state index contributed by atoms with van der Waals surface area (Å²) in [6, 6.07) is 8.67. The molecule has 38 heavy (non-hydrogen) atoms. The number of carbonyl (C=O) groups excluding carboxylic acids is 1. The van der Waals surface area contributed by atoms with Gasteiger partial charge in [0.2, 0.25) is 0 Å². The zero-order valence-electron chi connectivity index (χ0n) is 24.3. The molecule has 1 amide bonds. The maximum absolute atomic E-state index is 12.4. The first-order chi connectivity index (χ1) is 17.8. The number of hydrogen-bond donors (Lipinski definition) is 0. The number of amides is 1. The highest BCUT2D eigenvalue weighted by atomic mass is 32.1. The molecule has 1 aliphatic rings. The molecule has 0 radical (unpaired) electrons. The van der Waals surface area contributed by atoms with Crippen molar-refractivity contribution in [1.29, 1.82) is 0 Å². The van der Waals surface area contributed by atoms with Crippen LogP contribution in [0.25, 0.3) is 21.4 Å². The number of aromatic nitrogens is 1. The summed E-state index contributed by atoms with van der Waals surface area (Å²) < 4.78 is 18.4. The van der Waals surface area contributed by atoms with Crippen molar-refractivity contribution in [1.82, 2.24) is 10.1 Å². The fourth-order valence-electron chi connectivity index (χ4n) is 5.21. The molecule has 1 saturated heterocycles. The monoisotopic (exact) mass is 556 g/mol. The molecule has 3 heterocycles. The minimum Gasteiger partial charge on any atom is -0.444 e. The molecule has 0 bridgehead atoms. The van der Waals surface area contributed by atoms with Gasteiger partial charge in [-0.25, -0.2) is 4.79 Å². The maximum atomic E-state index is 12.4. The third-order valence-electron chi connectivity index (χ3n) is 7.05. The summed E-state index contributed by atoms with van der Waals surface area (Å²) in [4.78, 5) is 15.5. The summed E-state index contributed by atoms with van der Waals surface area (Å²) in [5.41, 5.74) is 3.64. The molecule has 1 aliphatic heterocycles. The van der Waals surface area contributed by atoms with Crippen molar-refractivity contribution in [2.45, 2.75) is 92.0 Å². The van der Waals surface area contributed by atoms with E-state index in [1.807, 2.05) is 25.7 Å². The molecule has 2 aromatic heterocycles. The van der Waals surface area contributed by atoms with E-state index in [-0.39, 0.29) is 17.6 Å². The third-order valence-corrected chi connectivity index (χ3v) is 8.77. The number of thiophene rings is 1. The summed E-state index contributed by atoms with van der Waals surface area (Å²) in [6.07, 6.45) is 3.59. The lowest BCUT2D eigenvalue weighted by Crippen LogP contribution is -2.41. The van der Waals surface area contributed by atoms with Crippen LogP contribution in [-0.2, 0) is 15.6 Å². The summed E-state index contributed by atoms with van der Waals surface area (Å²) in [5, 5.41) is 7.80. The summed E-state index contributed by atoms with van der Waals surface area (Å²) >= 11 is 1.74. The Bertz CT molecular complexity index is 1220. The number of piperidine rings is 1. The number of likely N-dealkylation sites (tertiary alicyclic amines) is 1. The van der Waals surface area contributed by atoms with Gasteiger partial charge in [0.15, 0.2) is 14.6 Å². The van der Waals surface area contributed by atoms with Gasteiger partial charge in [-0.1, -0.05) is 38.1 Å². The van der Waals surface area contributed by atoms with Crippen molar-refractivity contribution < 1.29 is 18.5 Å². The second kappa shape index (κ2) is 11.5. The van der Waals surface area contributed by atoms with Crippen LogP contribution in [-0.4, -0.2) is 43.9 Å². The van der Waals surface area contributed by atoms with Crippen molar-refractivity contribution >= 4 is 37.4 Å². The van der Waals surface area contributed by atoms with Gasteiger partial charge in [0, 0.05) is 34.5 Å². The van der Waals surface area contributed by atoms with Crippen molar-refractivity contribution in [3.63, 3.8) is 0 Å². The standard InChI is InChI=1S/C30H44N2O4SSi/c1-29(2,3)27(36-38(7)8)25-22(24-10-9-19-37-24)13-12-21-23(31-35-26(21)25)14-11-20-15-17-32(18-16-20)28(33)34-30(4,5)6/h9-10,12-13,19-20,27,38H,11,14-18H2,1-8H3. The van der Waals surface area contributed by atoms with E-state index in [4.69, 9.17) is 13.7 Å². The van der Waals surface area contributed by atoms with Gasteiger partial charge in [-0.3, -0.25) is 0 Å². The maximum Gasteiger partial charge on any atom is 0.410 e. The Morgan fingerprint density at radius 2 is 1.87 bits per heavy atom. The predicted octanol–water partition coefficient (Wildman–Crippen LogP) is 8.22. The molecule has 0 aliphatic carbocycles. The number of ether oxygens (including phenoxy) is 1. The van der Waals surface area contributed by atoms with Crippen LogP contribution in [0.5, 0.6) is 0 Å². The summed E-state index contributed by atoms with van der Waals surface area (Å²) in [7, 11) is -1.32. The SMILES string of the molecule is C[SiH](C)OC(c1c(-c2cccs2)ccc2c(CCC3CCN(C(=O)OC(C)(C)C)CC3)noc12)C(C)(C)C. The van der Waals surface area contributed by atoms with Crippen molar-refractivity contribution in [2.75, 3.05) is 13.1 Å². The van der Waals surface area contributed by atoms with Crippen LogP contribution in [0.1, 0.15) is 78.2 Å². The molecule has 6 nitrogen and oxygen atoms in total. The first-order valence-corrected chi connectivity index (χ1v) is 17.6. The van der Waals surface area contributed by atoms with Crippen LogP contribution in [0.2, 0.25) is 13.1 Å². The number of nitrogens with zero attached hydrogens (tertiary/aromatic N) is 2. The Kier molecular flexibility index (Phi) is 8.74. The molecule has 0 N–H and O–H groups in total. The molecule has 208 valence electrons. The zero-order valence-corrected chi connectivity index (χ0v) is 26.3. The van der Waals surface area contributed by atoms with Gasteiger partial charge in [0.25, 0.3) is 0 Å². The number of hydrogen-bond acceptors (Lipinski definition) is 6. The smallest absolute Gasteiger partial charge is 0.410 e. The van der Waals surface area contributed by atoms with Crippen molar-refractivity contribution in [3.8, 4) is 10.4 Å². The predicted molar refractivity (Wildman–Crippen MR) is 158 cm³/mol. The Morgan fingerprint density at radius 3 is 2.45 bits per heavy atom. The normalized spacial score (nSPS) is 16.4. The van der Waals surface area contributed by atoms with Gasteiger partial charge < -0.3 is 18.6 Å². The second-order valence-corrected chi connectivity index (χ2v) is 16.2. The number of fused-ring (bicyclic) bond motifs is 1. The Balaban J connectivity index is 1.54. The second-order valence-electron chi connectivity index (χ2n) is 12.9. The van der Waals surface area contributed by atoms with Crippen molar-refractivity contribution in [2.24, 2.45) is 11.3 Å². The van der Waals surface area contributed by atoms with Crippen LogP contribution < -0.4 is 0 Å². The molecule has 8 heteroatoms. The lowest BCUT2D eigenvalue weighted by atomic mass is 9.82. The van der Waals surface area contributed by atoms with Gasteiger partial charge >= 0.3 is 6.09 Å². The number of benzene rings is 1. The van der Waals surface area contributed by atoms with E-state index in [2.05, 4.69) is 68.7 Å². The quantitative estimate of drug-likeness (QED) is 0.274.